The summed E-state index contributed by atoms with van der Waals surface area (Å²) in [6, 6.07) is 1.78. The number of furan rings is 1. The largest absolute Gasteiger partial charge is 0.456 e. The van der Waals surface area contributed by atoms with Crippen molar-refractivity contribution in [3.05, 3.63) is 23.2 Å². The van der Waals surface area contributed by atoms with Crippen LogP contribution >= 0.6 is 23.2 Å². The van der Waals surface area contributed by atoms with Crippen LogP contribution in [0.1, 0.15) is 42.6 Å². The topological polar surface area (TPSA) is 30.2 Å². The van der Waals surface area contributed by atoms with Gasteiger partial charge in [-0.15, -0.1) is 11.6 Å². The van der Waals surface area contributed by atoms with Gasteiger partial charge >= 0.3 is 0 Å². The van der Waals surface area contributed by atoms with Crippen molar-refractivity contribution >= 4 is 28.4 Å². The van der Waals surface area contributed by atoms with Crippen molar-refractivity contribution < 1.29 is 9.21 Å². The number of halogens is 2. The first-order valence-corrected chi connectivity index (χ1v) is 5.16. The second kappa shape index (κ2) is 3.95. The van der Waals surface area contributed by atoms with Gasteiger partial charge in [-0.3, -0.25) is 4.79 Å². The zero-order valence-corrected chi connectivity index (χ0v) is 9.87. The zero-order chi connectivity index (χ0) is 10.9. The third-order valence-electron chi connectivity index (χ3n) is 1.87. The Hall–Kier alpha value is -0.470. The molecule has 1 aromatic heterocycles. The number of carbonyl (C=O) groups is 1. The number of rotatable bonds is 2. The first-order valence-electron chi connectivity index (χ1n) is 4.25. The molecule has 0 aliphatic heterocycles. The first kappa shape index (κ1) is 11.6. The molecular formula is C10H12Cl2O2. The van der Waals surface area contributed by atoms with Crippen molar-refractivity contribution in [2.24, 2.45) is 0 Å². The van der Waals surface area contributed by atoms with Gasteiger partial charge < -0.3 is 4.42 Å². The average molecular weight is 235 g/mol. The average Bonchev–Trinajstić information content (AvgIpc) is 2.45. The van der Waals surface area contributed by atoms with E-state index < -0.39 is 5.24 Å². The van der Waals surface area contributed by atoms with Gasteiger partial charge in [0.1, 0.15) is 5.76 Å². The van der Waals surface area contributed by atoms with Crippen LogP contribution in [-0.4, -0.2) is 5.24 Å². The quantitative estimate of drug-likeness (QED) is 0.578. The lowest BCUT2D eigenvalue weighted by Crippen LogP contribution is -2.09. The summed E-state index contributed by atoms with van der Waals surface area (Å²) >= 11 is 11.0. The Kier molecular flexibility index (Phi) is 3.28. The Balaban J connectivity index is 3.20. The van der Waals surface area contributed by atoms with Gasteiger partial charge in [0.25, 0.3) is 5.24 Å². The van der Waals surface area contributed by atoms with Crippen LogP contribution in [0.5, 0.6) is 0 Å². The Morgan fingerprint density at radius 2 is 2.07 bits per heavy atom. The monoisotopic (exact) mass is 234 g/mol. The highest BCUT2D eigenvalue weighted by molar-refractivity contribution is 6.67. The molecule has 0 saturated heterocycles. The van der Waals surface area contributed by atoms with Gasteiger partial charge in [-0.05, 0) is 17.7 Å². The maximum Gasteiger partial charge on any atom is 0.288 e. The van der Waals surface area contributed by atoms with E-state index in [1.54, 1.807) is 6.07 Å². The number of alkyl halides is 1. The van der Waals surface area contributed by atoms with Crippen LogP contribution in [0.15, 0.2) is 10.5 Å². The molecule has 0 bridgehead atoms. The third-order valence-corrected chi connectivity index (χ3v) is 2.33. The Morgan fingerprint density at radius 1 is 1.50 bits per heavy atom. The zero-order valence-electron chi connectivity index (χ0n) is 8.36. The molecule has 0 saturated carbocycles. The number of hydrogen-bond donors (Lipinski definition) is 0. The molecule has 14 heavy (non-hydrogen) atoms. The second-order valence-electron chi connectivity index (χ2n) is 4.12. The molecule has 1 rings (SSSR count). The van der Waals surface area contributed by atoms with Crippen molar-refractivity contribution in [1.82, 2.24) is 0 Å². The van der Waals surface area contributed by atoms with Crippen molar-refractivity contribution in [3.63, 3.8) is 0 Å². The molecule has 78 valence electrons. The summed E-state index contributed by atoms with van der Waals surface area (Å²) in [6.07, 6.45) is 0. The normalized spacial score (nSPS) is 11.8. The molecule has 0 N–H and O–H groups in total. The van der Waals surface area contributed by atoms with Crippen LogP contribution in [0.25, 0.3) is 0 Å². The molecule has 0 aliphatic carbocycles. The fraction of sp³-hybridized carbons (Fsp3) is 0.500. The molecule has 0 amide bonds. The number of carbonyl (C=O) groups excluding carboxylic acids is 1. The lowest BCUT2D eigenvalue weighted by molar-refractivity contribution is 0.105. The second-order valence-corrected chi connectivity index (χ2v) is 4.73. The van der Waals surface area contributed by atoms with Gasteiger partial charge in [0, 0.05) is 11.0 Å². The van der Waals surface area contributed by atoms with Gasteiger partial charge in [-0.2, -0.15) is 0 Å². The van der Waals surface area contributed by atoms with Crippen molar-refractivity contribution in [2.75, 3.05) is 0 Å². The lowest BCUT2D eigenvalue weighted by Gasteiger charge is -2.13. The first-order chi connectivity index (χ1) is 6.36. The van der Waals surface area contributed by atoms with Crippen molar-refractivity contribution in [1.29, 1.82) is 0 Å². The van der Waals surface area contributed by atoms with E-state index in [0.29, 0.717) is 5.56 Å². The van der Waals surface area contributed by atoms with E-state index in [0.717, 1.165) is 5.76 Å². The molecule has 0 atom stereocenters. The van der Waals surface area contributed by atoms with E-state index in [1.165, 1.54) is 0 Å². The van der Waals surface area contributed by atoms with Gasteiger partial charge in [0.15, 0.2) is 5.76 Å². The van der Waals surface area contributed by atoms with Crippen molar-refractivity contribution in [3.8, 4) is 0 Å². The van der Waals surface area contributed by atoms with Gasteiger partial charge in [-0.1, -0.05) is 20.8 Å². The minimum atomic E-state index is -0.601. The third kappa shape index (κ3) is 2.31. The summed E-state index contributed by atoms with van der Waals surface area (Å²) in [5, 5.41) is -0.601. The van der Waals surface area contributed by atoms with E-state index >= 15 is 0 Å². The molecule has 0 spiro atoms. The molecular weight excluding hydrogens is 223 g/mol. The summed E-state index contributed by atoms with van der Waals surface area (Å²) in [4.78, 5) is 11.0. The van der Waals surface area contributed by atoms with Crippen LogP contribution in [-0.2, 0) is 11.3 Å². The van der Waals surface area contributed by atoms with Gasteiger partial charge in [0.05, 0.1) is 5.88 Å². The van der Waals surface area contributed by atoms with Crippen LogP contribution in [0.4, 0.5) is 0 Å². The minimum Gasteiger partial charge on any atom is -0.456 e. The molecule has 0 aliphatic rings. The summed E-state index contributed by atoms with van der Waals surface area (Å²) in [5.74, 6) is 1.11. The maximum atomic E-state index is 11.0. The fourth-order valence-corrected chi connectivity index (χ4v) is 1.42. The summed E-state index contributed by atoms with van der Waals surface area (Å²) < 4.78 is 5.37. The van der Waals surface area contributed by atoms with Crippen LogP contribution in [0.3, 0.4) is 0 Å². The Morgan fingerprint density at radius 3 is 2.36 bits per heavy atom. The standard InChI is InChI=1S/C10H12Cl2O2/c1-10(2,3)7-4-6(5-11)8(14-7)9(12)13/h4H,5H2,1-3H3. The Labute approximate surface area is 93.2 Å². The predicted octanol–water partition coefficient (Wildman–Crippen LogP) is 3.69. The molecule has 1 aromatic rings. The molecule has 0 radical (unpaired) electrons. The molecule has 0 fully saturated rings. The Bertz CT molecular complexity index is 347. The highest BCUT2D eigenvalue weighted by Gasteiger charge is 2.23. The molecule has 2 nitrogen and oxygen atoms in total. The molecule has 0 aromatic carbocycles. The highest BCUT2D eigenvalue weighted by Crippen LogP contribution is 2.28. The lowest BCUT2D eigenvalue weighted by atomic mass is 9.93. The number of hydrogen-bond acceptors (Lipinski definition) is 2. The van der Waals surface area contributed by atoms with Crippen LogP contribution in [0, 0.1) is 0 Å². The van der Waals surface area contributed by atoms with E-state index in [2.05, 4.69) is 0 Å². The summed E-state index contributed by atoms with van der Waals surface area (Å²) in [6.45, 7) is 5.98. The minimum absolute atomic E-state index is 0.147. The SMILES string of the molecule is CC(C)(C)c1cc(CCl)c(C(=O)Cl)o1. The van der Waals surface area contributed by atoms with Gasteiger partial charge in [0.2, 0.25) is 0 Å². The van der Waals surface area contributed by atoms with Gasteiger partial charge in [-0.25, -0.2) is 0 Å². The molecule has 0 unspecified atom stereocenters. The van der Waals surface area contributed by atoms with Crippen LogP contribution in [0.2, 0.25) is 0 Å². The van der Waals surface area contributed by atoms with E-state index in [4.69, 9.17) is 27.6 Å². The van der Waals surface area contributed by atoms with E-state index in [-0.39, 0.29) is 17.1 Å². The maximum absolute atomic E-state index is 11.0. The van der Waals surface area contributed by atoms with Crippen LogP contribution < -0.4 is 0 Å². The molecule has 4 heteroatoms. The smallest absolute Gasteiger partial charge is 0.288 e. The highest BCUT2D eigenvalue weighted by atomic mass is 35.5. The molecule has 1 heterocycles. The predicted molar refractivity (Wildman–Crippen MR) is 57.1 cm³/mol. The fourth-order valence-electron chi connectivity index (χ4n) is 1.06. The van der Waals surface area contributed by atoms with E-state index in [1.807, 2.05) is 20.8 Å². The van der Waals surface area contributed by atoms with E-state index in [9.17, 15) is 4.79 Å². The summed E-state index contributed by atoms with van der Waals surface area (Å²) in [5.41, 5.74) is 0.502. The van der Waals surface area contributed by atoms with Crippen molar-refractivity contribution in [2.45, 2.75) is 32.1 Å². The summed E-state index contributed by atoms with van der Waals surface area (Å²) in [7, 11) is 0.